The van der Waals surface area contributed by atoms with Crippen LogP contribution >= 0.6 is 11.8 Å². The van der Waals surface area contributed by atoms with Gasteiger partial charge in [-0.25, -0.2) is 0 Å². The highest BCUT2D eigenvalue weighted by atomic mass is 32.2. The Morgan fingerprint density at radius 2 is 2.03 bits per heavy atom. The smallest absolute Gasteiger partial charge is 0.352 e. The second-order valence-electron chi connectivity index (χ2n) is 8.24. The zero-order valence-electron chi connectivity index (χ0n) is 18.9. The summed E-state index contributed by atoms with van der Waals surface area (Å²) < 4.78 is 41.3. The van der Waals surface area contributed by atoms with E-state index in [1.54, 1.807) is 29.2 Å². The molecule has 0 unspecified atom stereocenters. The Labute approximate surface area is 205 Å². The number of alkyl halides is 3. The van der Waals surface area contributed by atoms with E-state index in [9.17, 15) is 22.8 Å². The Morgan fingerprint density at radius 1 is 1.17 bits per heavy atom. The summed E-state index contributed by atoms with van der Waals surface area (Å²) >= 11 is 1.02. The number of carbonyl (C=O) groups is 2. The molecule has 2 amide bonds. The second-order valence-corrected chi connectivity index (χ2v) is 9.36. The van der Waals surface area contributed by atoms with Crippen molar-refractivity contribution in [3.05, 3.63) is 59.2 Å². The number of likely N-dealkylation sites (tertiary alicyclic amines) is 1. The molecule has 2 aliphatic rings. The Hall–Kier alpha value is -2.98. The number of hydrogen-bond donors (Lipinski definition) is 1. The maximum absolute atomic E-state index is 13.8. The van der Waals surface area contributed by atoms with Crippen molar-refractivity contribution in [2.24, 2.45) is 0 Å². The van der Waals surface area contributed by atoms with Crippen molar-refractivity contribution in [1.82, 2.24) is 10.2 Å². The van der Waals surface area contributed by atoms with E-state index in [0.717, 1.165) is 36.4 Å². The molecule has 1 N–H and O–H groups in total. The van der Waals surface area contributed by atoms with Gasteiger partial charge in [0.15, 0.2) is 5.75 Å². The maximum Gasteiger partial charge on any atom is 0.417 e. The summed E-state index contributed by atoms with van der Waals surface area (Å²) in [5.74, 6) is 0.304. The van der Waals surface area contributed by atoms with Gasteiger partial charge in [-0.15, -0.1) is 0 Å². The molecule has 2 aromatic rings. The number of rotatable bonds is 8. The predicted octanol–water partition coefficient (Wildman–Crippen LogP) is 4.87. The Morgan fingerprint density at radius 3 is 2.80 bits per heavy atom. The van der Waals surface area contributed by atoms with Crippen molar-refractivity contribution in [2.75, 3.05) is 26.2 Å². The first-order valence-electron chi connectivity index (χ1n) is 11.3. The fraction of sp³-hybridized carbons (Fsp3) is 0.360. The van der Waals surface area contributed by atoms with E-state index < -0.39 is 17.6 Å². The molecule has 0 spiro atoms. The van der Waals surface area contributed by atoms with Gasteiger partial charge in [0.2, 0.25) is 11.8 Å². The lowest BCUT2D eigenvalue weighted by Gasteiger charge is -2.17. The molecular formula is C25H25F3N2O4S. The van der Waals surface area contributed by atoms with Crippen LogP contribution < -0.4 is 10.2 Å². The second kappa shape index (κ2) is 11.2. The molecule has 0 bridgehead atoms. The number of benzene rings is 2. The number of carbonyl (C=O) groups excluding carboxylic acids is 2. The Bertz CT molecular complexity index is 1120. The molecule has 2 aromatic carbocycles. The van der Waals surface area contributed by atoms with Crippen LogP contribution in [0.3, 0.4) is 0 Å². The van der Waals surface area contributed by atoms with Crippen molar-refractivity contribution in [3.8, 4) is 5.75 Å². The van der Waals surface area contributed by atoms with Gasteiger partial charge in [0.25, 0.3) is 0 Å². The van der Waals surface area contributed by atoms with Crippen LogP contribution in [-0.4, -0.2) is 43.0 Å². The minimum Gasteiger partial charge on any atom is -0.352 e. The molecule has 2 heterocycles. The molecule has 0 radical (unpaired) electrons. The third-order valence-electron chi connectivity index (χ3n) is 5.67. The van der Waals surface area contributed by atoms with E-state index in [0.29, 0.717) is 49.6 Å². The monoisotopic (exact) mass is 506 g/mol. The first-order chi connectivity index (χ1) is 16.8. The highest BCUT2D eigenvalue weighted by Gasteiger charge is 2.34. The minimum atomic E-state index is -4.55. The van der Waals surface area contributed by atoms with Gasteiger partial charge in [-0.2, -0.15) is 18.1 Å². The molecule has 0 saturated carbocycles. The fourth-order valence-corrected chi connectivity index (χ4v) is 4.91. The number of amides is 2. The molecule has 2 aliphatic heterocycles. The molecule has 0 atom stereocenters. The summed E-state index contributed by atoms with van der Waals surface area (Å²) in [5, 5.41) is 2.70. The van der Waals surface area contributed by atoms with Crippen LogP contribution in [0.25, 0.3) is 6.08 Å². The third-order valence-corrected chi connectivity index (χ3v) is 6.74. The molecule has 0 aromatic heterocycles. The summed E-state index contributed by atoms with van der Waals surface area (Å²) in [6.07, 6.45) is 0.711. The lowest BCUT2D eigenvalue weighted by molar-refractivity contribution is -0.215. The lowest BCUT2D eigenvalue weighted by atomic mass is 10.1. The average Bonchev–Trinajstić information content (AvgIpc) is 3.25. The van der Waals surface area contributed by atoms with Crippen LogP contribution in [0.5, 0.6) is 5.75 Å². The van der Waals surface area contributed by atoms with Gasteiger partial charge in [0.1, 0.15) is 0 Å². The molecule has 1 saturated heterocycles. The first kappa shape index (κ1) is 25.1. The molecule has 1 fully saturated rings. The van der Waals surface area contributed by atoms with E-state index in [1.165, 1.54) is 18.2 Å². The molecule has 4 rings (SSSR count). The van der Waals surface area contributed by atoms with Crippen LogP contribution in [0.15, 0.2) is 52.3 Å². The number of fused-ring (bicyclic) bond motifs is 1. The summed E-state index contributed by atoms with van der Waals surface area (Å²) in [6, 6.07) is 9.19. The molecular weight excluding hydrogens is 481 g/mol. The number of nitrogens with one attached hydrogen (secondary N) is 1. The van der Waals surface area contributed by atoms with Gasteiger partial charge in [-0.1, -0.05) is 17.8 Å². The van der Waals surface area contributed by atoms with E-state index >= 15 is 0 Å². The summed E-state index contributed by atoms with van der Waals surface area (Å²) in [4.78, 5) is 36.1. The van der Waals surface area contributed by atoms with Gasteiger partial charge in [0.05, 0.1) is 12.2 Å². The Balaban J connectivity index is 1.37. The number of halogens is 3. The van der Waals surface area contributed by atoms with Gasteiger partial charge in [-0.3, -0.25) is 9.59 Å². The quantitative estimate of drug-likeness (QED) is 0.315. The van der Waals surface area contributed by atoms with E-state index in [1.807, 2.05) is 0 Å². The summed E-state index contributed by atoms with van der Waals surface area (Å²) in [6.45, 7) is 2.11. The van der Waals surface area contributed by atoms with Crippen molar-refractivity contribution in [3.63, 3.8) is 0 Å². The highest BCUT2D eigenvalue weighted by Crippen LogP contribution is 2.41. The van der Waals surface area contributed by atoms with Crippen LogP contribution in [0, 0.1) is 0 Å². The van der Waals surface area contributed by atoms with Gasteiger partial charge in [0, 0.05) is 53.9 Å². The van der Waals surface area contributed by atoms with Gasteiger partial charge >= 0.3 is 6.18 Å². The summed E-state index contributed by atoms with van der Waals surface area (Å²) in [7, 11) is 0. The topological polar surface area (TPSA) is 67.9 Å². The van der Waals surface area contributed by atoms with Gasteiger partial charge in [-0.05, 0) is 54.8 Å². The van der Waals surface area contributed by atoms with Crippen LogP contribution in [0.4, 0.5) is 13.2 Å². The molecule has 10 heteroatoms. The molecule has 6 nitrogen and oxygen atoms in total. The molecule has 35 heavy (non-hydrogen) atoms. The predicted molar refractivity (Wildman–Crippen MR) is 125 cm³/mol. The van der Waals surface area contributed by atoms with Crippen molar-refractivity contribution in [1.29, 1.82) is 0 Å². The highest BCUT2D eigenvalue weighted by molar-refractivity contribution is 7.99. The van der Waals surface area contributed by atoms with Crippen LogP contribution in [-0.2, 0) is 27.1 Å². The van der Waals surface area contributed by atoms with Crippen molar-refractivity contribution < 1.29 is 32.5 Å². The van der Waals surface area contributed by atoms with Gasteiger partial charge < -0.3 is 15.1 Å². The Kier molecular flexibility index (Phi) is 8.02. The first-order valence-corrected chi connectivity index (χ1v) is 12.2. The standard InChI is InChI=1S/C25H25F3N2O4S/c26-25(27,28)20-15-17(5-9-23(31)29-11-2-13-30-12-1-3-24(30)32)4-8-22(20)35-19-6-7-21-18(16-19)10-14-33-34-21/h4-9,15-16H,1-3,10-14H2,(H,29,31). The largest absolute Gasteiger partial charge is 0.417 e. The molecule has 0 aliphatic carbocycles. The van der Waals surface area contributed by atoms with E-state index in [2.05, 4.69) is 5.32 Å². The van der Waals surface area contributed by atoms with Crippen LogP contribution in [0.2, 0.25) is 0 Å². The van der Waals surface area contributed by atoms with Crippen molar-refractivity contribution in [2.45, 2.75) is 41.7 Å². The van der Waals surface area contributed by atoms with Crippen molar-refractivity contribution >= 4 is 29.7 Å². The third kappa shape index (κ3) is 6.79. The summed E-state index contributed by atoms with van der Waals surface area (Å²) in [5.41, 5.74) is 0.389. The SMILES string of the molecule is O=C(C=Cc1ccc(Sc2ccc3c(c2)CCOO3)c(C(F)(F)F)c1)NCCCN1CCCC1=O. The number of hydrogen-bond acceptors (Lipinski definition) is 5. The lowest BCUT2D eigenvalue weighted by Crippen LogP contribution is -2.29. The zero-order chi connectivity index (χ0) is 24.8. The van der Waals surface area contributed by atoms with E-state index in [4.69, 9.17) is 9.78 Å². The van der Waals surface area contributed by atoms with E-state index in [-0.39, 0.29) is 16.4 Å². The fourth-order valence-electron chi connectivity index (χ4n) is 3.89. The van der Waals surface area contributed by atoms with Crippen LogP contribution in [0.1, 0.15) is 36.0 Å². The number of nitrogens with zero attached hydrogens (tertiary/aromatic N) is 1. The maximum atomic E-state index is 13.8. The molecule has 186 valence electrons. The minimum absolute atomic E-state index is 0.0727. The average molecular weight is 507 g/mol. The normalized spacial score (nSPS) is 15.9. The zero-order valence-corrected chi connectivity index (χ0v) is 19.7.